The van der Waals surface area contributed by atoms with Crippen LogP contribution in [-0.4, -0.2) is 12.9 Å². The van der Waals surface area contributed by atoms with Crippen LogP contribution < -0.4 is 4.74 Å². The van der Waals surface area contributed by atoms with Gasteiger partial charge in [-0.25, -0.2) is 0 Å². The molecule has 1 aromatic rings. The minimum absolute atomic E-state index is 0.0738. The number of rotatable bonds is 3. The molecule has 3 heteroatoms. The molecule has 98 valence electrons. The van der Waals surface area contributed by atoms with Gasteiger partial charge in [-0.15, -0.1) is 0 Å². The molecule has 1 unspecified atom stereocenters. The third-order valence-corrected chi connectivity index (χ3v) is 4.24. The molecule has 0 heterocycles. The summed E-state index contributed by atoms with van der Waals surface area (Å²) >= 11 is 5.99. The smallest absolute Gasteiger partial charge is 0.170 e. The number of halogens is 1. The minimum Gasteiger partial charge on any atom is -0.496 e. The maximum Gasteiger partial charge on any atom is 0.170 e. The SMILES string of the molecule is COc1ccc(Cl)cc1C(=O)C1CCCC1(C)C. The average Bonchev–Trinajstić information content (AvgIpc) is 2.68. The molecule has 1 fully saturated rings. The highest BCUT2D eigenvalue weighted by Gasteiger charge is 2.40. The van der Waals surface area contributed by atoms with Crippen LogP contribution in [0.4, 0.5) is 0 Å². The van der Waals surface area contributed by atoms with Gasteiger partial charge in [-0.2, -0.15) is 0 Å². The summed E-state index contributed by atoms with van der Waals surface area (Å²) in [5.74, 6) is 0.855. The highest BCUT2D eigenvalue weighted by atomic mass is 35.5. The first kappa shape index (κ1) is 13.4. The lowest BCUT2D eigenvalue weighted by Gasteiger charge is -2.26. The van der Waals surface area contributed by atoms with Crippen molar-refractivity contribution in [3.05, 3.63) is 28.8 Å². The maximum absolute atomic E-state index is 12.7. The Morgan fingerprint density at radius 1 is 1.44 bits per heavy atom. The third-order valence-electron chi connectivity index (χ3n) is 4.00. The van der Waals surface area contributed by atoms with E-state index in [1.807, 2.05) is 0 Å². The van der Waals surface area contributed by atoms with Crippen LogP contribution in [0.3, 0.4) is 0 Å². The molecule has 2 nitrogen and oxygen atoms in total. The molecule has 18 heavy (non-hydrogen) atoms. The van der Waals surface area contributed by atoms with Crippen molar-refractivity contribution in [1.82, 2.24) is 0 Å². The van der Waals surface area contributed by atoms with Gasteiger partial charge in [0.25, 0.3) is 0 Å². The Morgan fingerprint density at radius 2 is 2.17 bits per heavy atom. The molecule has 2 rings (SSSR count). The van der Waals surface area contributed by atoms with E-state index in [4.69, 9.17) is 16.3 Å². The molecular formula is C15H19ClO2. The van der Waals surface area contributed by atoms with Crippen LogP contribution >= 0.6 is 11.6 Å². The first-order valence-corrected chi connectivity index (χ1v) is 6.71. The zero-order valence-electron chi connectivity index (χ0n) is 11.1. The number of ketones is 1. The quantitative estimate of drug-likeness (QED) is 0.760. The molecule has 1 atom stereocenters. The summed E-state index contributed by atoms with van der Waals surface area (Å²) in [4.78, 5) is 12.7. The van der Waals surface area contributed by atoms with Crippen LogP contribution in [0.2, 0.25) is 5.02 Å². The fourth-order valence-electron chi connectivity index (χ4n) is 2.87. The molecule has 0 bridgehead atoms. The number of carbonyl (C=O) groups excluding carboxylic acids is 1. The number of carbonyl (C=O) groups is 1. The van der Waals surface area contributed by atoms with Crippen LogP contribution in [0, 0.1) is 11.3 Å². The topological polar surface area (TPSA) is 26.3 Å². The van der Waals surface area contributed by atoms with Crippen LogP contribution in [0.15, 0.2) is 18.2 Å². The number of benzene rings is 1. The molecule has 0 N–H and O–H groups in total. The van der Waals surface area contributed by atoms with Gasteiger partial charge in [-0.1, -0.05) is 31.9 Å². The van der Waals surface area contributed by atoms with Crippen molar-refractivity contribution in [2.75, 3.05) is 7.11 Å². The molecule has 0 amide bonds. The van der Waals surface area contributed by atoms with Gasteiger partial charge < -0.3 is 4.74 Å². The van der Waals surface area contributed by atoms with E-state index < -0.39 is 0 Å². The normalized spacial score (nSPS) is 21.9. The number of hydrogen-bond acceptors (Lipinski definition) is 2. The summed E-state index contributed by atoms with van der Waals surface area (Å²) < 4.78 is 5.27. The van der Waals surface area contributed by atoms with E-state index in [0.717, 1.165) is 19.3 Å². The van der Waals surface area contributed by atoms with Gasteiger partial charge in [-0.05, 0) is 36.5 Å². The van der Waals surface area contributed by atoms with Crippen molar-refractivity contribution < 1.29 is 9.53 Å². The predicted molar refractivity (Wildman–Crippen MR) is 73.5 cm³/mol. The van der Waals surface area contributed by atoms with Crippen LogP contribution in [0.25, 0.3) is 0 Å². The summed E-state index contributed by atoms with van der Waals surface area (Å²) in [7, 11) is 1.58. The number of Topliss-reactive ketones (excluding diaryl/α,β-unsaturated/α-hetero) is 1. The van der Waals surface area contributed by atoms with Gasteiger partial charge in [0.1, 0.15) is 5.75 Å². The molecule has 1 aliphatic carbocycles. The van der Waals surface area contributed by atoms with Crippen LogP contribution in [-0.2, 0) is 0 Å². The van der Waals surface area contributed by atoms with Gasteiger partial charge in [0.15, 0.2) is 5.78 Å². The Morgan fingerprint density at radius 3 is 2.72 bits per heavy atom. The Bertz CT molecular complexity index is 466. The van der Waals surface area contributed by atoms with Crippen molar-refractivity contribution >= 4 is 17.4 Å². The Balaban J connectivity index is 2.37. The summed E-state index contributed by atoms with van der Waals surface area (Å²) in [6, 6.07) is 5.23. The summed E-state index contributed by atoms with van der Waals surface area (Å²) in [5, 5.41) is 0.579. The van der Waals surface area contributed by atoms with Crippen molar-refractivity contribution in [3.63, 3.8) is 0 Å². The standard InChI is InChI=1S/C15H19ClO2/c1-15(2)8-4-5-12(15)14(17)11-9-10(16)6-7-13(11)18-3/h6-7,9,12H,4-5,8H2,1-3H3. The highest BCUT2D eigenvalue weighted by Crippen LogP contribution is 2.45. The first-order valence-electron chi connectivity index (χ1n) is 6.33. The highest BCUT2D eigenvalue weighted by molar-refractivity contribution is 6.31. The molecule has 1 aliphatic rings. The van der Waals surface area contributed by atoms with Crippen molar-refractivity contribution in [2.24, 2.45) is 11.3 Å². The van der Waals surface area contributed by atoms with Gasteiger partial charge in [0.2, 0.25) is 0 Å². The van der Waals surface area contributed by atoms with Gasteiger partial charge in [0.05, 0.1) is 12.7 Å². The first-order chi connectivity index (χ1) is 8.45. The molecule has 1 saturated carbocycles. The van der Waals surface area contributed by atoms with Crippen LogP contribution in [0.1, 0.15) is 43.5 Å². The lowest BCUT2D eigenvalue weighted by Crippen LogP contribution is -2.26. The third kappa shape index (κ3) is 2.39. The fourth-order valence-corrected chi connectivity index (χ4v) is 3.05. The van der Waals surface area contributed by atoms with E-state index >= 15 is 0 Å². The molecule has 1 aromatic carbocycles. The Labute approximate surface area is 113 Å². The van der Waals surface area contributed by atoms with Crippen molar-refractivity contribution in [3.8, 4) is 5.75 Å². The fraction of sp³-hybridized carbons (Fsp3) is 0.533. The zero-order chi connectivity index (χ0) is 13.3. The summed E-state index contributed by atoms with van der Waals surface area (Å²) in [5.41, 5.74) is 0.690. The van der Waals surface area contributed by atoms with Crippen LogP contribution in [0.5, 0.6) is 5.75 Å². The minimum atomic E-state index is 0.0738. The predicted octanol–water partition coefficient (Wildman–Crippen LogP) is 4.36. The summed E-state index contributed by atoms with van der Waals surface area (Å²) in [6.45, 7) is 4.33. The van der Waals surface area contributed by atoms with E-state index in [2.05, 4.69) is 13.8 Å². The van der Waals surface area contributed by atoms with Gasteiger partial charge >= 0.3 is 0 Å². The van der Waals surface area contributed by atoms with E-state index in [-0.39, 0.29) is 17.1 Å². The number of hydrogen-bond donors (Lipinski definition) is 0. The molecular weight excluding hydrogens is 248 g/mol. The van der Waals surface area contributed by atoms with Crippen molar-refractivity contribution in [1.29, 1.82) is 0 Å². The van der Waals surface area contributed by atoms with E-state index in [1.165, 1.54) is 0 Å². The zero-order valence-corrected chi connectivity index (χ0v) is 11.9. The number of methoxy groups -OCH3 is 1. The molecule has 0 saturated heterocycles. The molecule has 0 aliphatic heterocycles. The lowest BCUT2D eigenvalue weighted by atomic mass is 9.77. The second-order valence-electron chi connectivity index (χ2n) is 5.64. The molecule has 0 radical (unpaired) electrons. The van der Waals surface area contributed by atoms with Crippen molar-refractivity contribution in [2.45, 2.75) is 33.1 Å². The van der Waals surface area contributed by atoms with E-state index in [9.17, 15) is 4.79 Å². The average molecular weight is 267 g/mol. The largest absolute Gasteiger partial charge is 0.496 e. The summed E-state index contributed by atoms with van der Waals surface area (Å²) in [6.07, 6.45) is 3.18. The number of ether oxygens (including phenoxy) is 1. The molecule has 0 aromatic heterocycles. The van der Waals surface area contributed by atoms with Gasteiger partial charge in [0, 0.05) is 10.9 Å². The Kier molecular flexibility index (Phi) is 3.67. The lowest BCUT2D eigenvalue weighted by molar-refractivity contribution is 0.0836. The Hall–Kier alpha value is -1.02. The maximum atomic E-state index is 12.7. The van der Waals surface area contributed by atoms with E-state index in [1.54, 1.807) is 25.3 Å². The van der Waals surface area contributed by atoms with E-state index in [0.29, 0.717) is 16.3 Å². The molecule has 0 spiro atoms. The second-order valence-corrected chi connectivity index (χ2v) is 6.08. The van der Waals surface area contributed by atoms with Gasteiger partial charge in [-0.3, -0.25) is 4.79 Å². The second kappa shape index (κ2) is 4.93. The monoisotopic (exact) mass is 266 g/mol.